The summed E-state index contributed by atoms with van der Waals surface area (Å²) in [5, 5.41) is -0.563. The molecule has 0 bridgehead atoms. The molecule has 1 aliphatic rings. The largest absolute Gasteiger partial charge is 0.243 e. The van der Waals surface area contributed by atoms with E-state index in [0.29, 0.717) is 10.6 Å². The average Bonchev–Trinajstić information content (AvgIpc) is 2.48. The van der Waals surface area contributed by atoms with Gasteiger partial charge in [0, 0.05) is 18.1 Å². The third-order valence-corrected chi connectivity index (χ3v) is 8.48. The second kappa shape index (κ2) is 6.35. The molecular weight excluding hydrogens is 389 g/mol. The first-order chi connectivity index (χ1) is 11.6. The molecule has 3 rings (SSSR count). The van der Waals surface area contributed by atoms with Gasteiger partial charge in [-0.1, -0.05) is 17.7 Å². The summed E-state index contributed by atoms with van der Waals surface area (Å²) >= 11 is 5.87. The highest BCUT2D eigenvalue weighted by atomic mass is 35.5. The maximum Gasteiger partial charge on any atom is 0.243 e. The summed E-state index contributed by atoms with van der Waals surface area (Å²) in [6, 6.07) is 9.04. The van der Waals surface area contributed by atoms with E-state index in [2.05, 4.69) is 0 Å². The minimum atomic E-state index is -3.81. The molecular formula is C16H15ClFNO4S2. The van der Waals surface area contributed by atoms with Crippen molar-refractivity contribution in [2.75, 3.05) is 13.1 Å². The van der Waals surface area contributed by atoms with Crippen LogP contribution in [0, 0.1) is 12.7 Å². The molecule has 1 saturated heterocycles. The van der Waals surface area contributed by atoms with Crippen LogP contribution in [-0.4, -0.2) is 39.5 Å². The van der Waals surface area contributed by atoms with E-state index >= 15 is 0 Å². The number of halogens is 2. The van der Waals surface area contributed by atoms with Crippen LogP contribution in [0.5, 0.6) is 0 Å². The summed E-state index contributed by atoms with van der Waals surface area (Å²) in [4.78, 5) is 0.0486. The molecule has 5 nitrogen and oxygen atoms in total. The normalized spacial score (nSPS) is 16.6. The van der Waals surface area contributed by atoms with Crippen molar-refractivity contribution in [3.63, 3.8) is 0 Å². The lowest BCUT2D eigenvalue weighted by atomic mass is 10.2. The van der Waals surface area contributed by atoms with Crippen molar-refractivity contribution in [3.8, 4) is 0 Å². The molecule has 0 atom stereocenters. The molecule has 0 radical (unpaired) electrons. The van der Waals surface area contributed by atoms with Gasteiger partial charge in [0.05, 0.1) is 15.0 Å². The Kier molecular flexibility index (Phi) is 4.65. The van der Waals surface area contributed by atoms with Crippen LogP contribution >= 0.6 is 11.6 Å². The fourth-order valence-corrected chi connectivity index (χ4v) is 6.46. The number of hydrogen-bond acceptors (Lipinski definition) is 4. The van der Waals surface area contributed by atoms with Crippen LogP contribution in [0.2, 0.25) is 5.02 Å². The summed E-state index contributed by atoms with van der Waals surface area (Å²) < 4.78 is 64.4. The van der Waals surface area contributed by atoms with Crippen LogP contribution in [0.25, 0.3) is 0 Å². The number of benzene rings is 2. The highest BCUT2D eigenvalue weighted by molar-refractivity contribution is 7.92. The van der Waals surface area contributed by atoms with Crippen LogP contribution in [0.3, 0.4) is 0 Å². The maximum atomic E-state index is 13.0. The molecule has 1 heterocycles. The highest BCUT2D eigenvalue weighted by Gasteiger charge is 2.44. The zero-order chi connectivity index (χ0) is 18.4. The van der Waals surface area contributed by atoms with E-state index < -0.39 is 30.9 Å². The number of sulfone groups is 1. The van der Waals surface area contributed by atoms with Crippen LogP contribution in [0.15, 0.2) is 52.3 Å². The topological polar surface area (TPSA) is 71.5 Å². The van der Waals surface area contributed by atoms with E-state index in [1.807, 2.05) is 0 Å². The van der Waals surface area contributed by atoms with Gasteiger partial charge in [-0.2, -0.15) is 4.31 Å². The van der Waals surface area contributed by atoms with Gasteiger partial charge in [-0.05, 0) is 48.9 Å². The lowest BCUT2D eigenvalue weighted by Crippen LogP contribution is -2.56. The van der Waals surface area contributed by atoms with Gasteiger partial charge in [-0.3, -0.25) is 0 Å². The van der Waals surface area contributed by atoms with Crippen molar-refractivity contribution in [3.05, 3.63) is 58.9 Å². The predicted octanol–water partition coefficient (Wildman–Crippen LogP) is 2.63. The van der Waals surface area contributed by atoms with Gasteiger partial charge in [0.1, 0.15) is 5.82 Å². The molecule has 0 unspecified atom stereocenters. The number of hydrogen-bond donors (Lipinski definition) is 0. The number of rotatable bonds is 4. The van der Waals surface area contributed by atoms with Crippen LogP contribution < -0.4 is 0 Å². The standard InChI is InChI=1S/C16H15ClFNO4S2/c1-11-2-3-12(17)8-16(11)25(22,23)19-9-15(10-19)24(20,21)14-6-4-13(18)5-7-14/h2-8,15H,9-10H2,1H3. The van der Waals surface area contributed by atoms with Crippen molar-refractivity contribution in [2.24, 2.45) is 0 Å². The Bertz CT molecular complexity index is 1010. The van der Waals surface area contributed by atoms with Crippen molar-refractivity contribution in [2.45, 2.75) is 22.0 Å². The molecule has 0 amide bonds. The monoisotopic (exact) mass is 403 g/mol. The Morgan fingerprint density at radius 2 is 1.64 bits per heavy atom. The van der Waals surface area contributed by atoms with Gasteiger partial charge in [0.2, 0.25) is 10.0 Å². The Morgan fingerprint density at radius 1 is 1.04 bits per heavy atom. The molecule has 2 aromatic carbocycles. The van der Waals surface area contributed by atoms with Crippen molar-refractivity contribution in [1.82, 2.24) is 4.31 Å². The minimum Gasteiger partial charge on any atom is -0.223 e. The van der Waals surface area contributed by atoms with Crippen molar-refractivity contribution >= 4 is 31.5 Å². The first-order valence-electron chi connectivity index (χ1n) is 7.38. The zero-order valence-corrected chi connectivity index (χ0v) is 15.6. The summed E-state index contributed by atoms with van der Waals surface area (Å²) in [6.07, 6.45) is 0. The summed E-state index contributed by atoms with van der Waals surface area (Å²) in [5.41, 5.74) is 0.536. The minimum absolute atomic E-state index is 0.0186. The first-order valence-corrected chi connectivity index (χ1v) is 10.7. The van der Waals surface area contributed by atoms with E-state index in [9.17, 15) is 21.2 Å². The van der Waals surface area contributed by atoms with E-state index in [0.717, 1.165) is 16.4 Å². The Labute approximate surface area is 151 Å². The van der Waals surface area contributed by atoms with E-state index in [1.54, 1.807) is 19.1 Å². The fourth-order valence-electron chi connectivity index (χ4n) is 2.60. The molecule has 0 aliphatic carbocycles. The summed E-state index contributed by atoms with van der Waals surface area (Å²) in [7, 11) is -7.52. The lowest BCUT2D eigenvalue weighted by molar-refractivity contribution is 0.309. The molecule has 0 N–H and O–H groups in total. The number of sulfonamides is 1. The second-order valence-electron chi connectivity index (χ2n) is 5.85. The van der Waals surface area contributed by atoms with Gasteiger partial charge in [0.25, 0.3) is 0 Å². The van der Waals surface area contributed by atoms with Gasteiger partial charge in [-0.15, -0.1) is 0 Å². The molecule has 0 saturated carbocycles. The summed E-state index contributed by atoms with van der Waals surface area (Å²) in [5.74, 6) is -0.534. The molecule has 0 aromatic heterocycles. The Morgan fingerprint density at radius 3 is 2.24 bits per heavy atom. The Balaban J connectivity index is 1.82. The molecule has 1 fully saturated rings. The fraction of sp³-hybridized carbons (Fsp3) is 0.250. The van der Waals surface area contributed by atoms with E-state index in [-0.39, 0.29) is 22.9 Å². The quantitative estimate of drug-likeness (QED) is 0.736. The van der Waals surface area contributed by atoms with Gasteiger partial charge >= 0.3 is 0 Å². The zero-order valence-electron chi connectivity index (χ0n) is 13.2. The smallest absolute Gasteiger partial charge is 0.223 e. The number of nitrogens with zero attached hydrogens (tertiary/aromatic N) is 1. The third-order valence-electron chi connectivity index (χ3n) is 4.16. The Hall–Kier alpha value is -1.48. The van der Waals surface area contributed by atoms with E-state index in [4.69, 9.17) is 11.6 Å². The van der Waals surface area contributed by atoms with Crippen LogP contribution in [-0.2, 0) is 19.9 Å². The van der Waals surface area contributed by atoms with Crippen LogP contribution in [0.4, 0.5) is 4.39 Å². The highest BCUT2D eigenvalue weighted by Crippen LogP contribution is 2.31. The second-order valence-corrected chi connectivity index (χ2v) is 10.4. The molecule has 9 heteroatoms. The SMILES string of the molecule is Cc1ccc(Cl)cc1S(=O)(=O)N1CC(S(=O)(=O)c2ccc(F)cc2)C1. The first kappa shape index (κ1) is 18.3. The van der Waals surface area contributed by atoms with E-state index in [1.165, 1.54) is 18.2 Å². The van der Waals surface area contributed by atoms with Gasteiger partial charge < -0.3 is 0 Å². The van der Waals surface area contributed by atoms with Gasteiger partial charge in [0.15, 0.2) is 9.84 Å². The molecule has 1 aliphatic heterocycles. The average molecular weight is 404 g/mol. The van der Waals surface area contributed by atoms with Gasteiger partial charge in [-0.25, -0.2) is 21.2 Å². The van der Waals surface area contributed by atoms with Crippen molar-refractivity contribution in [1.29, 1.82) is 0 Å². The van der Waals surface area contributed by atoms with Crippen molar-refractivity contribution < 1.29 is 21.2 Å². The third kappa shape index (κ3) is 3.31. The number of aryl methyl sites for hydroxylation is 1. The molecule has 2 aromatic rings. The predicted molar refractivity (Wildman–Crippen MR) is 92.3 cm³/mol. The molecule has 25 heavy (non-hydrogen) atoms. The van der Waals surface area contributed by atoms with Crippen LogP contribution in [0.1, 0.15) is 5.56 Å². The molecule has 134 valence electrons. The summed E-state index contributed by atoms with van der Waals surface area (Å²) in [6.45, 7) is 1.36. The maximum absolute atomic E-state index is 13.0. The molecule has 0 spiro atoms. The lowest BCUT2D eigenvalue weighted by Gasteiger charge is -2.37.